The van der Waals surface area contributed by atoms with Crippen molar-refractivity contribution in [2.24, 2.45) is 11.1 Å². The van der Waals surface area contributed by atoms with Gasteiger partial charge in [0.1, 0.15) is 5.75 Å². The summed E-state index contributed by atoms with van der Waals surface area (Å²) in [5.41, 5.74) is 2.82. The molecule has 2 atom stereocenters. The van der Waals surface area contributed by atoms with E-state index in [1.165, 1.54) is 5.56 Å². The maximum absolute atomic E-state index is 9.66. The molecule has 1 saturated heterocycles. The molecule has 2 N–H and O–H groups in total. The molecule has 0 aromatic heterocycles. The van der Waals surface area contributed by atoms with Crippen LogP contribution in [0, 0.1) is 5.92 Å². The van der Waals surface area contributed by atoms with E-state index in [-0.39, 0.29) is 18.6 Å². The number of hydrogen-bond donors (Lipinski definition) is 2. The van der Waals surface area contributed by atoms with Gasteiger partial charge in [-0.2, -0.15) is 0 Å². The number of nitrogens with zero attached hydrogens (tertiary/aromatic N) is 2. The number of ether oxygens (including phenoxy) is 1. The Morgan fingerprint density at radius 3 is 2.42 bits per heavy atom. The first-order valence-electron chi connectivity index (χ1n) is 8.01. The lowest BCUT2D eigenvalue weighted by atomic mass is 9.97. The van der Waals surface area contributed by atoms with Crippen LogP contribution in [0.3, 0.4) is 0 Å². The van der Waals surface area contributed by atoms with Crippen molar-refractivity contribution < 1.29 is 15.1 Å². The lowest BCUT2D eigenvalue weighted by molar-refractivity contribution is 0.214. The van der Waals surface area contributed by atoms with Crippen LogP contribution in [0.25, 0.3) is 0 Å². The molecule has 24 heavy (non-hydrogen) atoms. The number of benzene rings is 2. The number of hydrogen-bond acceptors (Lipinski definition) is 5. The van der Waals surface area contributed by atoms with Crippen LogP contribution < -0.4 is 4.74 Å². The van der Waals surface area contributed by atoms with Crippen LogP contribution in [0.15, 0.2) is 59.8 Å². The van der Waals surface area contributed by atoms with Crippen molar-refractivity contribution in [2.75, 3.05) is 20.3 Å². The van der Waals surface area contributed by atoms with Crippen molar-refractivity contribution in [3.05, 3.63) is 65.7 Å². The summed E-state index contributed by atoms with van der Waals surface area (Å²) in [7, 11) is 1.63. The Labute approximate surface area is 141 Å². The minimum Gasteiger partial charge on any atom is -0.497 e. The van der Waals surface area contributed by atoms with Crippen LogP contribution in [0.2, 0.25) is 0 Å². The van der Waals surface area contributed by atoms with Gasteiger partial charge in [-0.05, 0) is 23.3 Å². The fourth-order valence-electron chi connectivity index (χ4n) is 3.32. The fraction of sp³-hybridized carbons (Fsp3) is 0.316. The molecular formula is C19H22N2O3. The van der Waals surface area contributed by atoms with Crippen LogP contribution >= 0.6 is 0 Å². The molecule has 0 amide bonds. The molecular weight excluding hydrogens is 304 g/mol. The summed E-state index contributed by atoms with van der Waals surface area (Å²) in [6, 6.07) is 17.8. The maximum atomic E-state index is 9.66. The molecule has 3 rings (SSSR count). The fourth-order valence-corrected chi connectivity index (χ4v) is 3.32. The van der Waals surface area contributed by atoms with E-state index in [1.54, 1.807) is 7.11 Å². The van der Waals surface area contributed by atoms with Gasteiger partial charge < -0.3 is 15.1 Å². The normalized spacial score (nSPS) is 22.8. The summed E-state index contributed by atoms with van der Waals surface area (Å²) < 4.78 is 5.22. The van der Waals surface area contributed by atoms with E-state index in [2.05, 4.69) is 22.2 Å². The third-order valence-corrected chi connectivity index (χ3v) is 4.51. The van der Waals surface area contributed by atoms with Gasteiger partial charge >= 0.3 is 0 Å². The predicted octanol–water partition coefficient (Wildman–Crippen LogP) is 2.69. The van der Waals surface area contributed by atoms with E-state index in [4.69, 9.17) is 4.74 Å². The number of methoxy groups -OCH3 is 1. The summed E-state index contributed by atoms with van der Waals surface area (Å²) in [5.74, 6) is 0.623. The molecule has 1 aliphatic heterocycles. The van der Waals surface area contributed by atoms with Crippen LogP contribution in [-0.2, 0) is 6.54 Å². The Balaban J connectivity index is 1.92. The zero-order valence-corrected chi connectivity index (χ0v) is 13.7. The molecule has 2 aromatic rings. The van der Waals surface area contributed by atoms with E-state index >= 15 is 0 Å². The topological polar surface area (TPSA) is 65.3 Å². The van der Waals surface area contributed by atoms with Gasteiger partial charge in [0.15, 0.2) is 0 Å². The van der Waals surface area contributed by atoms with Crippen molar-refractivity contribution in [1.29, 1.82) is 0 Å². The average molecular weight is 326 g/mol. The highest BCUT2D eigenvalue weighted by Crippen LogP contribution is 2.35. The molecule has 5 heteroatoms. The Morgan fingerprint density at radius 1 is 1.12 bits per heavy atom. The van der Waals surface area contributed by atoms with Crippen LogP contribution in [-0.4, -0.2) is 41.2 Å². The smallest absolute Gasteiger partial charge is 0.118 e. The largest absolute Gasteiger partial charge is 0.497 e. The molecule has 1 fully saturated rings. The number of aliphatic hydroxyl groups excluding tert-OH is 1. The Bertz CT molecular complexity index is 686. The van der Waals surface area contributed by atoms with Gasteiger partial charge in [0.05, 0.1) is 25.5 Å². The number of likely N-dealkylation sites (tertiary alicyclic amines) is 1. The third-order valence-electron chi connectivity index (χ3n) is 4.51. The molecule has 0 aliphatic carbocycles. The number of rotatable bonds is 5. The van der Waals surface area contributed by atoms with Crippen LogP contribution in [0.5, 0.6) is 5.75 Å². The van der Waals surface area contributed by atoms with Crippen molar-refractivity contribution in [1.82, 2.24) is 4.90 Å². The van der Waals surface area contributed by atoms with Gasteiger partial charge in [-0.25, -0.2) is 0 Å². The van der Waals surface area contributed by atoms with Gasteiger partial charge in [-0.3, -0.25) is 4.90 Å². The SMILES string of the molecule is COc1ccc([C@@H]2/C(=N\O)[C@@H](CO)CN2Cc2ccccc2)cc1. The molecule has 1 aliphatic rings. The summed E-state index contributed by atoms with van der Waals surface area (Å²) in [6.07, 6.45) is 0. The van der Waals surface area contributed by atoms with Gasteiger partial charge in [0, 0.05) is 19.0 Å². The molecule has 1 heterocycles. The van der Waals surface area contributed by atoms with Crippen molar-refractivity contribution in [3.8, 4) is 5.75 Å². The summed E-state index contributed by atoms with van der Waals surface area (Å²) in [6.45, 7) is 1.35. The zero-order chi connectivity index (χ0) is 16.9. The molecule has 126 valence electrons. The molecule has 0 radical (unpaired) electrons. The van der Waals surface area contributed by atoms with Crippen LogP contribution in [0.4, 0.5) is 0 Å². The molecule has 0 saturated carbocycles. The number of oxime groups is 1. The molecule has 5 nitrogen and oxygen atoms in total. The lowest BCUT2D eigenvalue weighted by Crippen LogP contribution is -2.25. The average Bonchev–Trinajstić information content (AvgIpc) is 3.00. The van der Waals surface area contributed by atoms with E-state index in [0.29, 0.717) is 12.3 Å². The highest BCUT2D eigenvalue weighted by molar-refractivity contribution is 5.94. The maximum Gasteiger partial charge on any atom is 0.118 e. The Morgan fingerprint density at radius 2 is 1.83 bits per heavy atom. The van der Waals surface area contributed by atoms with Gasteiger partial charge in [0.2, 0.25) is 0 Å². The Kier molecular flexibility index (Phi) is 5.13. The van der Waals surface area contributed by atoms with Crippen molar-refractivity contribution >= 4 is 5.71 Å². The van der Waals surface area contributed by atoms with Gasteiger partial charge in [0.25, 0.3) is 0 Å². The highest BCUT2D eigenvalue weighted by atomic mass is 16.5. The number of aliphatic hydroxyl groups is 1. The van der Waals surface area contributed by atoms with E-state index in [9.17, 15) is 10.3 Å². The minimum absolute atomic E-state index is 0.0304. The Hall–Kier alpha value is -2.37. The summed E-state index contributed by atoms with van der Waals surface area (Å²) >= 11 is 0. The van der Waals surface area contributed by atoms with E-state index < -0.39 is 0 Å². The molecule has 0 spiro atoms. The molecule has 2 aromatic carbocycles. The lowest BCUT2D eigenvalue weighted by Gasteiger charge is -2.24. The first kappa shape index (κ1) is 16.5. The van der Waals surface area contributed by atoms with Gasteiger partial charge in [-0.15, -0.1) is 0 Å². The standard InChI is InChI=1S/C19H22N2O3/c1-24-17-9-7-15(8-10-17)19-18(20-23)16(13-22)12-21(19)11-14-5-3-2-4-6-14/h2-10,16,19,22-23H,11-13H2,1H3/b20-18-/t16-,19-/m1/s1. The summed E-state index contributed by atoms with van der Waals surface area (Å²) in [5, 5.41) is 22.7. The minimum atomic E-state index is -0.161. The second-order valence-corrected chi connectivity index (χ2v) is 6.00. The highest BCUT2D eigenvalue weighted by Gasteiger charge is 2.39. The quantitative estimate of drug-likeness (QED) is 0.655. The first-order valence-corrected chi connectivity index (χ1v) is 8.01. The van der Waals surface area contributed by atoms with E-state index in [0.717, 1.165) is 17.9 Å². The third kappa shape index (κ3) is 3.27. The van der Waals surface area contributed by atoms with Crippen LogP contribution in [0.1, 0.15) is 17.2 Å². The zero-order valence-electron chi connectivity index (χ0n) is 13.7. The van der Waals surface area contributed by atoms with Crippen molar-refractivity contribution in [2.45, 2.75) is 12.6 Å². The molecule has 0 bridgehead atoms. The second kappa shape index (κ2) is 7.47. The molecule has 0 unspecified atom stereocenters. The summed E-state index contributed by atoms with van der Waals surface area (Å²) in [4.78, 5) is 2.23. The van der Waals surface area contributed by atoms with E-state index in [1.807, 2.05) is 42.5 Å². The monoisotopic (exact) mass is 326 g/mol. The first-order chi connectivity index (χ1) is 11.8. The van der Waals surface area contributed by atoms with Crippen molar-refractivity contribution in [3.63, 3.8) is 0 Å². The second-order valence-electron chi connectivity index (χ2n) is 6.00. The van der Waals surface area contributed by atoms with Gasteiger partial charge in [-0.1, -0.05) is 47.6 Å². The predicted molar refractivity (Wildman–Crippen MR) is 92.4 cm³/mol.